The number of nitrogens with one attached hydrogen (secondary N) is 1. The van der Waals surface area contributed by atoms with E-state index < -0.39 is 30.0 Å². The van der Waals surface area contributed by atoms with Crippen LogP contribution in [0.3, 0.4) is 0 Å². The van der Waals surface area contributed by atoms with Crippen molar-refractivity contribution in [2.45, 2.75) is 79.1 Å². The number of nitrogen functional groups attached to an aromatic ring is 1. The lowest BCUT2D eigenvalue weighted by atomic mass is 9.76. The number of anilines is 1. The molecule has 3 N–H and O–H groups in total. The minimum absolute atomic E-state index is 0.245. The molecule has 1 aliphatic rings. The van der Waals surface area contributed by atoms with E-state index >= 15 is 0 Å². The molecule has 1 saturated heterocycles. The van der Waals surface area contributed by atoms with Crippen molar-refractivity contribution in [3.05, 3.63) is 34.3 Å². The molecule has 1 aliphatic heterocycles. The zero-order valence-corrected chi connectivity index (χ0v) is 19.2. The second-order valence-electron chi connectivity index (χ2n) is 9.73. The highest BCUT2D eigenvalue weighted by Crippen LogP contribution is 2.39. The van der Waals surface area contributed by atoms with Crippen molar-refractivity contribution in [1.82, 2.24) is 5.32 Å². The Bertz CT molecular complexity index is 771. The minimum atomic E-state index is -0.578. The normalized spacial score (nSPS) is 18.7. The summed E-state index contributed by atoms with van der Waals surface area (Å²) in [5.74, 6) is 0. The van der Waals surface area contributed by atoms with Crippen LogP contribution in [-0.4, -0.2) is 36.6 Å². The fraction of sp³-hybridized carbons (Fsp3) is 0.591. The maximum Gasteiger partial charge on any atom is 0.492 e. The molecule has 1 heterocycles. The highest BCUT2D eigenvalue weighted by atomic mass is 16.7. The van der Waals surface area contributed by atoms with Gasteiger partial charge < -0.3 is 25.1 Å². The van der Waals surface area contributed by atoms with Crippen LogP contribution >= 0.6 is 0 Å². The summed E-state index contributed by atoms with van der Waals surface area (Å²) in [6.07, 6.45) is 1.54. The van der Waals surface area contributed by atoms with Gasteiger partial charge in [-0.05, 0) is 96.6 Å². The number of amides is 1. The number of ether oxygens (including phenoxy) is 1. The molecule has 160 valence electrons. The molecule has 29 heavy (non-hydrogen) atoms. The van der Waals surface area contributed by atoms with Gasteiger partial charge in [0.15, 0.2) is 0 Å². The summed E-state index contributed by atoms with van der Waals surface area (Å²) in [4.78, 5) is 12.2. The van der Waals surface area contributed by atoms with Gasteiger partial charge in [-0.15, -0.1) is 0 Å². The maximum absolute atomic E-state index is 12.2. The summed E-state index contributed by atoms with van der Waals surface area (Å²) in [5, 5.41) is 2.83. The lowest BCUT2D eigenvalue weighted by molar-refractivity contribution is 0.00578. The fourth-order valence-corrected chi connectivity index (χ4v) is 3.11. The van der Waals surface area contributed by atoms with Crippen molar-refractivity contribution in [2.24, 2.45) is 0 Å². The van der Waals surface area contributed by atoms with Gasteiger partial charge in [0.05, 0.1) is 11.2 Å². The first-order valence-electron chi connectivity index (χ1n) is 10.0. The van der Waals surface area contributed by atoms with Gasteiger partial charge in [0.2, 0.25) is 0 Å². The second kappa shape index (κ2) is 8.03. The molecule has 0 bridgehead atoms. The zero-order chi connectivity index (χ0) is 22.2. The minimum Gasteiger partial charge on any atom is -0.444 e. The molecule has 0 atom stereocenters. The summed E-state index contributed by atoms with van der Waals surface area (Å²) in [7, 11) is -0.578. The fourth-order valence-electron chi connectivity index (χ4n) is 3.11. The Morgan fingerprint density at radius 2 is 1.62 bits per heavy atom. The molecule has 7 heteroatoms. The van der Waals surface area contributed by atoms with Crippen molar-refractivity contribution in [3.63, 3.8) is 0 Å². The zero-order valence-electron chi connectivity index (χ0n) is 19.2. The summed E-state index contributed by atoms with van der Waals surface area (Å²) in [6.45, 7) is 17.8. The van der Waals surface area contributed by atoms with Crippen LogP contribution in [0.4, 0.5) is 10.5 Å². The number of benzene rings is 1. The van der Waals surface area contributed by atoms with Crippen LogP contribution in [0, 0.1) is 13.8 Å². The summed E-state index contributed by atoms with van der Waals surface area (Å²) < 4.78 is 17.8. The Hall–Kier alpha value is -1.99. The standard InChI is InChI=1S/C22H35BN2O4/c1-14-10-17(24)11-15(2)18(14)12-16(13-25-19(26)27-20(3,4)5)23-28-21(6,7)22(8,9)29-23/h10-12H,13,24H2,1-9H3,(H,25,26). The van der Waals surface area contributed by atoms with Gasteiger partial charge in [0, 0.05) is 12.2 Å². The van der Waals surface area contributed by atoms with E-state index in [1.807, 2.05) is 80.5 Å². The van der Waals surface area contributed by atoms with Gasteiger partial charge in [-0.3, -0.25) is 0 Å². The SMILES string of the molecule is Cc1cc(N)cc(C)c1C=C(CNC(=O)OC(C)(C)C)B1OC(C)(C)C(C)(C)O1. The highest BCUT2D eigenvalue weighted by Gasteiger charge is 2.52. The van der Waals surface area contributed by atoms with Gasteiger partial charge in [-0.2, -0.15) is 0 Å². The van der Waals surface area contributed by atoms with Crippen molar-refractivity contribution in [3.8, 4) is 0 Å². The molecule has 1 aromatic rings. The number of nitrogens with two attached hydrogens (primary N) is 1. The number of rotatable bonds is 4. The molecule has 1 fully saturated rings. The van der Waals surface area contributed by atoms with E-state index in [9.17, 15) is 4.79 Å². The second-order valence-corrected chi connectivity index (χ2v) is 9.73. The molecular formula is C22H35BN2O4. The third-order valence-electron chi connectivity index (χ3n) is 5.34. The average molecular weight is 402 g/mol. The number of carbonyl (C=O) groups excluding carboxylic acids is 1. The van der Waals surface area contributed by atoms with E-state index in [4.69, 9.17) is 19.8 Å². The van der Waals surface area contributed by atoms with Gasteiger partial charge in [-0.25, -0.2) is 4.79 Å². The predicted octanol–water partition coefficient (Wildman–Crippen LogP) is 4.43. The van der Waals surface area contributed by atoms with E-state index in [1.165, 1.54) is 0 Å². The van der Waals surface area contributed by atoms with Crippen LogP contribution in [0.5, 0.6) is 0 Å². The smallest absolute Gasteiger partial charge is 0.444 e. The first-order valence-corrected chi connectivity index (χ1v) is 10.0. The Labute approximate surface area is 175 Å². The van der Waals surface area contributed by atoms with Crippen molar-refractivity contribution in [1.29, 1.82) is 0 Å². The first-order chi connectivity index (χ1) is 13.1. The van der Waals surface area contributed by atoms with E-state index in [0.717, 1.165) is 27.9 Å². The number of hydrogen-bond donors (Lipinski definition) is 2. The number of aryl methyl sites for hydroxylation is 2. The molecule has 0 saturated carbocycles. The molecule has 0 unspecified atom stereocenters. The van der Waals surface area contributed by atoms with Gasteiger partial charge in [0.1, 0.15) is 5.60 Å². The van der Waals surface area contributed by atoms with E-state index in [0.29, 0.717) is 0 Å². The highest BCUT2D eigenvalue weighted by molar-refractivity contribution is 6.56. The number of carbonyl (C=O) groups is 1. The molecule has 1 aromatic carbocycles. The largest absolute Gasteiger partial charge is 0.492 e. The number of alkyl carbamates (subject to hydrolysis) is 1. The van der Waals surface area contributed by atoms with Gasteiger partial charge in [-0.1, -0.05) is 6.08 Å². The topological polar surface area (TPSA) is 82.8 Å². The molecular weight excluding hydrogens is 367 g/mol. The quantitative estimate of drug-likeness (QED) is 0.575. The van der Waals surface area contributed by atoms with Gasteiger partial charge >= 0.3 is 13.2 Å². The molecule has 1 amide bonds. The van der Waals surface area contributed by atoms with E-state index in [-0.39, 0.29) is 6.54 Å². The maximum atomic E-state index is 12.2. The van der Waals surface area contributed by atoms with E-state index in [2.05, 4.69) is 5.32 Å². The lowest BCUT2D eigenvalue weighted by Gasteiger charge is -2.32. The van der Waals surface area contributed by atoms with Crippen LogP contribution in [0.2, 0.25) is 0 Å². The van der Waals surface area contributed by atoms with E-state index in [1.54, 1.807) is 0 Å². The first kappa shape index (κ1) is 23.3. The third-order valence-corrected chi connectivity index (χ3v) is 5.34. The molecule has 0 aliphatic carbocycles. The summed E-state index contributed by atoms with van der Waals surface area (Å²) >= 11 is 0. The van der Waals surface area contributed by atoms with Crippen LogP contribution in [0.25, 0.3) is 6.08 Å². The molecule has 0 spiro atoms. The molecule has 0 radical (unpaired) electrons. The van der Waals surface area contributed by atoms with Gasteiger partial charge in [0.25, 0.3) is 0 Å². The Morgan fingerprint density at radius 1 is 1.14 bits per heavy atom. The third kappa shape index (κ3) is 5.76. The van der Waals surface area contributed by atoms with Crippen molar-refractivity contribution in [2.75, 3.05) is 12.3 Å². The summed E-state index contributed by atoms with van der Waals surface area (Å²) in [5.41, 5.74) is 9.11. The van der Waals surface area contributed by atoms with Crippen molar-refractivity contribution >= 4 is 25.0 Å². The summed E-state index contributed by atoms with van der Waals surface area (Å²) in [6, 6.07) is 3.87. The monoisotopic (exact) mass is 402 g/mol. The number of hydrogen-bond acceptors (Lipinski definition) is 5. The Kier molecular flexibility index (Phi) is 6.45. The van der Waals surface area contributed by atoms with Crippen LogP contribution in [-0.2, 0) is 14.0 Å². The van der Waals surface area contributed by atoms with Crippen LogP contribution in [0.1, 0.15) is 65.2 Å². The Morgan fingerprint density at radius 3 is 2.07 bits per heavy atom. The predicted molar refractivity (Wildman–Crippen MR) is 119 cm³/mol. The average Bonchev–Trinajstić information content (AvgIpc) is 2.71. The Balaban J connectivity index is 2.36. The van der Waals surface area contributed by atoms with Crippen LogP contribution in [0.15, 0.2) is 17.6 Å². The van der Waals surface area contributed by atoms with Crippen LogP contribution < -0.4 is 11.1 Å². The van der Waals surface area contributed by atoms with Crippen molar-refractivity contribution < 1.29 is 18.8 Å². The lowest BCUT2D eigenvalue weighted by Crippen LogP contribution is -2.41. The molecule has 6 nitrogen and oxygen atoms in total. The molecule has 0 aromatic heterocycles. The molecule has 2 rings (SSSR count).